The van der Waals surface area contributed by atoms with E-state index < -0.39 is 27.4 Å². The van der Waals surface area contributed by atoms with Crippen molar-refractivity contribution in [3.8, 4) is 5.82 Å². The highest BCUT2D eigenvalue weighted by atomic mass is 35.5. The summed E-state index contributed by atoms with van der Waals surface area (Å²) in [4.78, 5) is 20.6. The van der Waals surface area contributed by atoms with Crippen LogP contribution in [-0.2, 0) is 14.8 Å². The molecular formula is C24H23Cl2N5O4S. The first-order valence-corrected chi connectivity index (χ1v) is 12.9. The minimum atomic E-state index is -4.40. The van der Waals surface area contributed by atoms with Gasteiger partial charge in [0.1, 0.15) is 11.9 Å². The van der Waals surface area contributed by atoms with E-state index in [2.05, 4.69) is 9.97 Å². The summed E-state index contributed by atoms with van der Waals surface area (Å²) in [6.45, 7) is 4.98. The van der Waals surface area contributed by atoms with Gasteiger partial charge in [-0.2, -0.15) is 0 Å². The summed E-state index contributed by atoms with van der Waals surface area (Å²) in [5, 5.41) is 11.0. The molecule has 12 heteroatoms. The molecule has 3 N–H and O–H groups in total. The molecule has 1 unspecified atom stereocenters. The number of anilines is 2. The number of nitrogens with zero attached hydrogens (tertiary/aromatic N) is 4. The number of benzene rings is 2. The van der Waals surface area contributed by atoms with Gasteiger partial charge in [-0.15, -0.1) is 0 Å². The number of halogens is 2. The summed E-state index contributed by atoms with van der Waals surface area (Å²) in [7, 11) is -4.40. The highest BCUT2D eigenvalue weighted by Gasteiger charge is 2.43. The SMILES string of the molecule is CC(C)(C)C(C(=O)O)N(c1ccc2c(ccn2-c2cnc(N)cn2)c1)S(=O)(=O)c1cc(Cl)cc(Cl)c1. The Morgan fingerprint density at radius 3 is 2.28 bits per heavy atom. The Hall–Kier alpha value is -3.34. The van der Waals surface area contributed by atoms with Crippen molar-refractivity contribution < 1.29 is 18.3 Å². The van der Waals surface area contributed by atoms with Crippen LogP contribution in [0.15, 0.2) is 66.0 Å². The summed E-state index contributed by atoms with van der Waals surface area (Å²) in [5.74, 6) is -0.501. The largest absolute Gasteiger partial charge is 0.480 e. The molecule has 0 aliphatic heterocycles. The molecule has 188 valence electrons. The van der Waals surface area contributed by atoms with E-state index in [1.165, 1.54) is 30.6 Å². The number of nitrogen functional groups attached to an aromatic ring is 1. The van der Waals surface area contributed by atoms with Crippen LogP contribution in [0.1, 0.15) is 20.8 Å². The molecule has 0 aliphatic rings. The van der Waals surface area contributed by atoms with Crippen LogP contribution in [0.2, 0.25) is 10.0 Å². The number of nitrogens with two attached hydrogens (primary N) is 1. The lowest BCUT2D eigenvalue weighted by molar-refractivity contribution is -0.140. The molecule has 0 aliphatic carbocycles. The Morgan fingerprint density at radius 1 is 1.06 bits per heavy atom. The lowest BCUT2D eigenvalue weighted by Crippen LogP contribution is -2.52. The van der Waals surface area contributed by atoms with Crippen molar-refractivity contribution in [3.05, 3.63) is 71.1 Å². The summed E-state index contributed by atoms with van der Waals surface area (Å²) in [6, 6.07) is 9.07. The molecule has 9 nitrogen and oxygen atoms in total. The Morgan fingerprint density at radius 2 is 1.72 bits per heavy atom. The number of carboxylic acid groups (broad SMARTS) is 1. The van der Waals surface area contributed by atoms with Crippen LogP contribution >= 0.6 is 23.2 Å². The number of hydrogen-bond donors (Lipinski definition) is 2. The van der Waals surface area contributed by atoms with Crippen LogP contribution in [0, 0.1) is 5.41 Å². The van der Waals surface area contributed by atoms with Gasteiger partial charge in [-0.25, -0.2) is 23.2 Å². The molecule has 2 aromatic heterocycles. The Labute approximate surface area is 218 Å². The fraction of sp³-hybridized carbons (Fsp3) is 0.208. The van der Waals surface area contributed by atoms with E-state index in [1.807, 2.05) is 0 Å². The van der Waals surface area contributed by atoms with Gasteiger partial charge in [0.25, 0.3) is 10.0 Å². The second-order valence-corrected chi connectivity index (χ2v) is 11.9. The second-order valence-electron chi connectivity index (χ2n) is 9.24. The monoisotopic (exact) mass is 547 g/mol. The molecule has 0 fully saturated rings. The van der Waals surface area contributed by atoms with Crippen molar-refractivity contribution in [3.63, 3.8) is 0 Å². The molecule has 4 rings (SSSR count). The first-order valence-electron chi connectivity index (χ1n) is 10.7. The van der Waals surface area contributed by atoms with Gasteiger partial charge in [0, 0.05) is 21.6 Å². The Bertz CT molecular complexity index is 1540. The van der Waals surface area contributed by atoms with Gasteiger partial charge < -0.3 is 10.8 Å². The van der Waals surface area contributed by atoms with E-state index in [0.29, 0.717) is 16.7 Å². The molecular weight excluding hydrogens is 525 g/mol. The van der Waals surface area contributed by atoms with Crippen LogP contribution in [0.3, 0.4) is 0 Å². The molecule has 2 aromatic carbocycles. The second kappa shape index (κ2) is 9.27. The van der Waals surface area contributed by atoms with Gasteiger partial charge in [-0.05, 0) is 47.9 Å². The Kier molecular flexibility index (Phi) is 6.63. The van der Waals surface area contributed by atoms with E-state index >= 15 is 0 Å². The van der Waals surface area contributed by atoms with Gasteiger partial charge in [0.15, 0.2) is 5.82 Å². The minimum absolute atomic E-state index is 0.112. The molecule has 36 heavy (non-hydrogen) atoms. The van der Waals surface area contributed by atoms with Gasteiger partial charge in [0.2, 0.25) is 0 Å². The van der Waals surface area contributed by atoms with Crippen molar-refractivity contribution >= 4 is 61.6 Å². The van der Waals surface area contributed by atoms with Gasteiger partial charge >= 0.3 is 5.97 Å². The molecule has 0 amide bonds. The number of carbonyl (C=O) groups is 1. The smallest absolute Gasteiger partial charge is 0.328 e. The lowest BCUT2D eigenvalue weighted by Gasteiger charge is -2.37. The van der Waals surface area contributed by atoms with Crippen molar-refractivity contribution in [2.24, 2.45) is 5.41 Å². The van der Waals surface area contributed by atoms with Crippen LogP contribution in [0.4, 0.5) is 11.5 Å². The number of carboxylic acids is 1. The first kappa shape index (κ1) is 25.7. The van der Waals surface area contributed by atoms with E-state index in [4.69, 9.17) is 28.9 Å². The van der Waals surface area contributed by atoms with Gasteiger partial charge in [-0.1, -0.05) is 44.0 Å². The number of aromatic nitrogens is 3. The topological polar surface area (TPSA) is 131 Å². The van der Waals surface area contributed by atoms with Crippen LogP contribution in [-0.4, -0.2) is 40.1 Å². The van der Waals surface area contributed by atoms with Crippen LogP contribution < -0.4 is 10.0 Å². The zero-order valence-electron chi connectivity index (χ0n) is 19.6. The minimum Gasteiger partial charge on any atom is -0.480 e. The molecule has 0 radical (unpaired) electrons. The third-order valence-corrected chi connectivity index (χ3v) is 7.72. The highest BCUT2D eigenvalue weighted by molar-refractivity contribution is 7.93. The number of sulfonamides is 1. The summed E-state index contributed by atoms with van der Waals surface area (Å²) >= 11 is 12.2. The third-order valence-electron chi connectivity index (χ3n) is 5.51. The fourth-order valence-electron chi connectivity index (χ4n) is 3.96. The average Bonchev–Trinajstić information content (AvgIpc) is 3.19. The standard InChI is InChI=1S/C24H23Cl2N5O4S/c1-24(2,3)22(23(32)33)31(36(34,35)18-10-15(25)9-16(26)11-18)17-4-5-19-14(8-17)6-7-30(19)21-13-28-20(27)12-29-21/h4-13,22H,1-3H3,(H2,27,28)(H,32,33). The summed E-state index contributed by atoms with van der Waals surface area (Å²) in [5.41, 5.74) is 5.54. The van der Waals surface area contributed by atoms with Crippen LogP contribution in [0.5, 0.6) is 0 Å². The maximum atomic E-state index is 13.9. The number of fused-ring (bicyclic) bond motifs is 1. The van der Waals surface area contributed by atoms with E-state index in [0.717, 1.165) is 4.31 Å². The quantitative estimate of drug-likeness (QED) is 0.347. The van der Waals surface area contributed by atoms with Crippen LogP contribution in [0.25, 0.3) is 16.7 Å². The van der Waals surface area contributed by atoms with Crippen molar-refractivity contribution in [1.82, 2.24) is 14.5 Å². The molecule has 0 saturated carbocycles. The normalized spacial score (nSPS) is 13.0. The maximum absolute atomic E-state index is 13.9. The third kappa shape index (κ3) is 4.84. The van der Waals surface area contributed by atoms with Crippen molar-refractivity contribution in [1.29, 1.82) is 0 Å². The molecule has 0 saturated heterocycles. The number of aliphatic carboxylic acids is 1. The maximum Gasteiger partial charge on any atom is 0.328 e. The van der Waals surface area contributed by atoms with E-state index in [-0.39, 0.29) is 26.4 Å². The molecule has 2 heterocycles. The molecule has 0 spiro atoms. The predicted octanol–water partition coefficient (Wildman–Crippen LogP) is 5.00. The predicted molar refractivity (Wildman–Crippen MR) is 140 cm³/mol. The van der Waals surface area contributed by atoms with E-state index in [9.17, 15) is 18.3 Å². The molecule has 1 atom stereocenters. The molecule has 0 bridgehead atoms. The van der Waals surface area contributed by atoms with Gasteiger partial charge in [-0.3, -0.25) is 8.87 Å². The lowest BCUT2D eigenvalue weighted by atomic mass is 9.86. The van der Waals surface area contributed by atoms with Crippen molar-refractivity contribution in [2.45, 2.75) is 31.7 Å². The molecule has 4 aromatic rings. The highest BCUT2D eigenvalue weighted by Crippen LogP contribution is 2.37. The fourth-order valence-corrected chi connectivity index (χ4v) is 6.47. The zero-order valence-corrected chi connectivity index (χ0v) is 21.9. The van der Waals surface area contributed by atoms with E-state index in [1.54, 1.807) is 55.8 Å². The average molecular weight is 548 g/mol. The number of rotatable bonds is 6. The first-order chi connectivity index (χ1) is 16.8. The van der Waals surface area contributed by atoms with Crippen molar-refractivity contribution in [2.75, 3.05) is 10.0 Å². The zero-order chi connectivity index (χ0) is 26.4. The summed E-state index contributed by atoms with van der Waals surface area (Å²) < 4.78 is 30.5. The summed E-state index contributed by atoms with van der Waals surface area (Å²) in [6.07, 6.45) is 4.70. The van der Waals surface area contributed by atoms with Gasteiger partial charge in [0.05, 0.1) is 28.5 Å². The number of hydrogen-bond acceptors (Lipinski definition) is 6. The Balaban J connectivity index is 1.93.